The summed E-state index contributed by atoms with van der Waals surface area (Å²) in [5, 5.41) is 11.2. The van der Waals surface area contributed by atoms with Crippen LogP contribution in [0.3, 0.4) is 0 Å². The Bertz CT molecular complexity index is 777. The normalized spacial score (nSPS) is 25.3. The number of nitrogens with zero attached hydrogens (tertiary/aromatic N) is 3. The molecule has 2 heterocycles. The van der Waals surface area contributed by atoms with E-state index >= 15 is 0 Å². The van der Waals surface area contributed by atoms with Gasteiger partial charge in [-0.2, -0.15) is 5.26 Å². The lowest BCUT2D eigenvalue weighted by molar-refractivity contribution is 0.928. The molecule has 2 atom stereocenters. The van der Waals surface area contributed by atoms with Crippen LogP contribution in [-0.4, -0.2) is 14.8 Å². The van der Waals surface area contributed by atoms with Crippen molar-refractivity contribution in [1.82, 2.24) is 9.55 Å². The number of nitriles is 1. The van der Waals surface area contributed by atoms with Crippen molar-refractivity contribution in [3.8, 4) is 6.07 Å². The SMILES string of the molecule is N#CC(=C1SC2Cc3c(Cl)cccc3C2S1)n1ccnc1. The zero-order valence-corrected chi connectivity index (χ0v) is 13.3. The number of imidazole rings is 1. The van der Waals surface area contributed by atoms with Crippen molar-refractivity contribution in [2.45, 2.75) is 16.9 Å². The fraction of sp³-hybridized carbons (Fsp3) is 0.200. The molecule has 0 saturated carbocycles. The van der Waals surface area contributed by atoms with Gasteiger partial charge in [0, 0.05) is 27.9 Å². The van der Waals surface area contributed by atoms with Gasteiger partial charge < -0.3 is 0 Å². The van der Waals surface area contributed by atoms with Crippen LogP contribution in [0.2, 0.25) is 5.02 Å². The highest BCUT2D eigenvalue weighted by molar-refractivity contribution is 8.26. The molecule has 4 rings (SSSR count). The summed E-state index contributed by atoms with van der Waals surface area (Å²) in [6.07, 6.45) is 6.15. The van der Waals surface area contributed by atoms with Crippen molar-refractivity contribution in [2.75, 3.05) is 0 Å². The van der Waals surface area contributed by atoms with Crippen LogP contribution in [0, 0.1) is 11.3 Å². The zero-order chi connectivity index (χ0) is 14.4. The summed E-state index contributed by atoms with van der Waals surface area (Å²) in [4.78, 5) is 4.02. The second-order valence-electron chi connectivity index (χ2n) is 4.92. The molecule has 1 aromatic heterocycles. The van der Waals surface area contributed by atoms with Gasteiger partial charge in [-0.25, -0.2) is 4.98 Å². The molecule has 1 saturated heterocycles. The summed E-state index contributed by atoms with van der Waals surface area (Å²) in [5.41, 5.74) is 3.26. The summed E-state index contributed by atoms with van der Waals surface area (Å²) in [6, 6.07) is 8.43. The van der Waals surface area contributed by atoms with E-state index in [9.17, 15) is 5.26 Å². The lowest BCUT2D eigenvalue weighted by Gasteiger charge is -2.08. The number of fused-ring (bicyclic) bond motifs is 3. The molecule has 6 heteroatoms. The van der Waals surface area contributed by atoms with Crippen LogP contribution in [0.25, 0.3) is 5.70 Å². The van der Waals surface area contributed by atoms with E-state index in [4.69, 9.17) is 11.6 Å². The van der Waals surface area contributed by atoms with Gasteiger partial charge >= 0.3 is 0 Å². The number of halogens is 1. The highest BCUT2D eigenvalue weighted by atomic mass is 35.5. The molecule has 1 aromatic carbocycles. The summed E-state index contributed by atoms with van der Waals surface area (Å²) in [5.74, 6) is 0. The Kier molecular flexibility index (Phi) is 3.26. The van der Waals surface area contributed by atoms with Gasteiger partial charge in [-0.15, -0.1) is 23.5 Å². The van der Waals surface area contributed by atoms with Gasteiger partial charge in [0.05, 0.1) is 10.6 Å². The van der Waals surface area contributed by atoms with E-state index in [0.717, 1.165) is 15.7 Å². The number of hydrogen-bond donors (Lipinski definition) is 0. The first-order valence-corrected chi connectivity index (χ1v) is 8.65. The van der Waals surface area contributed by atoms with E-state index < -0.39 is 0 Å². The molecule has 3 nitrogen and oxygen atoms in total. The lowest BCUT2D eigenvalue weighted by atomic mass is 10.1. The number of thioether (sulfide) groups is 2. The van der Waals surface area contributed by atoms with E-state index in [2.05, 4.69) is 17.1 Å². The van der Waals surface area contributed by atoms with Crippen LogP contribution in [0.5, 0.6) is 0 Å². The smallest absolute Gasteiger partial charge is 0.145 e. The molecule has 2 aliphatic rings. The topological polar surface area (TPSA) is 41.6 Å². The maximum absolute atomic E-state index is 9.46. The Balaban J connectivity index is 1.73. The Morgan fingerprint density at radius 1 is 1.43 bits per heavy atom. The zero-order valence-electron chi connectivity index (χ0n) is 10.9. The molecular formula is C15H10ClN3S2. The lowest BCUT2D eigenvalue weighted by Crippen LogP contribution is -1.99. The van der Waals surface area contributed by atoms with E-state index in [1.807, 2.05) is 18.3 Å². The van der Waals surface area contributed by atoms with Crippen LogP contribution in [-0.2, 0) is 6.42 Å². The number of aromatic nitrogens is 2. The molecule has 1 aliphatic carbocycles. The third-order valence-electron chi connectivity index (χ3n) is 3.76. The van der Waals surface area contributed by atoms with Gasteiger partial charge in [0.15, 0.2) is 0 Å². The Morgan fingerprint density at radius 2 is 2.33 bits per heavy atom. The molecule has 0 amide bonds. The fourth-order valence-electron chi connectivity index (χ4n) is 2.80. The van der Waals surface area contributed by atoms with Crippen molar-refractivity contribution in [1.29, 1.82) is 5.26 Å². The minimum Gasteiger partial charge on any atom is -0.296 e. The van der Waals surface area contributed by atoms with Gasteiger partial charge in [-0.3, -0.25) is 4.57 Å². The minimum atomic E-state index is 0.394. The van der Waals surface area contributed by atoms with E-state index in [1.54, 1.807) is 40.6 Å². The first kappa shape index (κ1) is 13.3. The number of hydrogen-bond acceptors (Lipinski definition) is 4. The van der Waals surface area contributed by atoms with Crippen molar-refractivity contribution < 1.29 is 0 Å². The molecule has 0 spiro atoms. The van der Waals surface area contributed by atoms with Gasteiger partial charge in [0.25, 0.3) is 0 Å². The molecule has 21 heavy (non-hydrogen) atoms. The highest BCUT2D eigenvalue weighted by Gasteiger charge is 2.42. The van der Waals surface area contributed by atoms with Gasteiger partial charge in [-0.1, -0.05) is 23.7 Å². The Hall–Kier alpha value is -1.35. The molecule has 104 valence electrons. The third-order valence-corrected chi connectivity index (χ3v) is 7.26. The van der Waals surface area contributed by atoms with Crippen LogP contribution in [0.15, 0.2) is 41.2 Å². The average Bonchev–Trinajstić information content (AvgIpc) is 3.16. The predicted octanol–water partition coefficient (Wildman–Crippen LogP) is 4.33. The summed E-state index contributed by atoms with van der Waals surface area (Å²) >= 11 is 9.86. The third kappa shape index (κ3) is 2.10. The monoisotopic (exact) mass is 331 g/mol. The van der Waals surface area contributed by atoms with Gasteiger partial charge in [0.1, 0.15) is 11.8 Å². The standard InChI is InChI=1S/C15H10ClN3S2/c16-11-3-1-2-9-10(11)6-13-14(9)21-15(20-13)12(7-17)19-5-4-18-8-19/h1-5,8,13-14H,6H2. The largest absolute Gasteiger partial charge is 0.296 e. The van der Waals surface area contributed by atoms with Crippen LogP contribution < -0.4 is 0 Å². The second-order valence-corrected chi connectivity index (χ2v) is 7.99. The summed E-state index contributed by atoms with van der Waals surface area (Å²) < 4.78 is 2.87. The molecule has 1 aliphatic heterocycles. The Morgan fingerprint density at radius 3 is 3.10 bits per heavy atom. The first-order valence-electron chi connectivity index (χ1n) is 6.51. The number of rotatable bonds is 1. The van der Waals surface area contributed by atoms with E-state index in [-0.39, 0.29) is 0 Å². The highest BCUT2D eigenvalue weighted by Crippen LogP contribution is 2.61. The summed E-state index contributed by atoms with van der Waals surface area (Å²) in [7, 11) is 0. The average molecular weight is 332 g/mol. The van der Waals surface area contributed by atoms with E-state index in [0.29, 0.717) is 16.2 Å². The summed E-state index contributed by atoms with van der Waals surface area (Å²) in [6.45, 7) is 0. The molecule has 1 fully saturated rings. The number of allylic oxidation sites excluding steroid dienone is 1. The van der Waals surface area contributed by atoms with Crippen molar-refractivity contribution in [3.05, 3.63) is 57.3 Å². The van der Waals surface area contributed by atoms with Gasteiger partial charge in [-0.05, 0) is 23.6 Å². The van der Waals surface area contributed by atoms with Crippen LogP contribution in [0.1, 0.15) is 16.4 Å². The van der Waals surface area contributed by atoms with Crippen molar-refractivity contribution in [2.24, 2.45) is 0 Å². The predicted molar refractivity (Wildman–Crippen MR) is 87.9 cm³/mol. The quantitative estimate of drug-likeness (QED) is 0.729. The number of benzene rings is 1. The molecule has 2 aromatic rings. The Labute approximate surface area is 136 Å². The second kappa shape index (κ2) is 5.13. The van der Waals surface area contributed by atoms with E-state index in [1.165, 1.54) is 11.1 Å². The molecule has 0 bridgehead atoms. The van der Waals surface area contributed by atoms with Crippen molar-refractivity contribution >= 4 is 40.8 Å². The van der Waals surface area contributed by atoms with Gasteiger partial charge in [0.2, 0.25) is 0 Å². The first-order chi connectivity index (χ1) is 10.3. The maximum atomic E-state index is 9.46. The minimum absolute atomic E-state index is 0.394. The molecule has 0 N–H and O–H groups in total. The van der Waals surface area contributed by atoms with Crippen LogP contribution >= 0.6 is 35.1 Å². The van der Waals surface area contributed by atoms with Crippen molar-refractivity contribution in [3.63, 3.8) is 0 Å². The molecule has 0 radical (unpaired) electrons. The molecule has 2 unspecified atom stereocenters. The fourth-order valence-corrected chi connectivity index (χ4v) is 6.44. The molecular weight excluding hydrogens is 322 g/mol. The van der Waals surface area contributed by atoms with Crippen LogP contribution in [0.4, 0.5) is 0 Å². The maximum Gasteiger partial charge on any atom is 0.145 e.